The first kappa shape index (κ1) is 30.9. The van der Waals surface area contributed by atoms with Crippen LogP contribution in [0.15, 0.2) is 60.9 Å². The number of amides is 3. The lowest BCUT2D eigenvalue weighted by Gasteiger charge is -2.25. The Kier molecular flexibility index (Phi) is 15.0. The summed E-state index contributed by atoms with van der Waals surface area (Å²) in [5, 5.41) is 5.99. The van der Waals surface area contributed by atoms with Gasteiger partial charge in [-0.2, -0.15) is 0 Å². The highest BCUT2D eigenvalue weighted by atomic mass is 16.2. The Balaban J connectivity index is 4.68. The molecule has 0 bridgehead atoms. The molecule has 0 aliphatic rings. The average Bonchev–Trinajstić information content (AvgIpc) is 2.77. The Morgan fingerprint density at radius 2 is 0.941 bits per heavy atom. The van der Waals surface area contributed by atoms with Crippen molar-refractivity contribution in [1.82, 2.24) is 20.4 Å². The fourth-order valence-corrected chi connectivity index (χ4v) is 3.06. The Bertz CT molecular complexity index is 732. The second-order valence-electron chi connectivity index (χ2n) is 8.78. The first-order chi connectivity index (χ1) is 15.9. The number of nitrogens with zero attached hydrogens (tertiary/aromatic N) is 2. The van der Waals surface area contributed by atoms with Gasteiger partial charge in [0.05, 0.1) is 0 Å². The lowest BCUT2D eigenvalue weighted by atomic mass is 10.2. The van der Waals surface area contributed by atoms with E-state index in [4.69, 9.17) is 0 Å². The van der Waals surface area contributed by atoms with E-state index in [2.05, 4.69) is 43.5 Å². The molecule has 2 N–H and O–H groups in total. The summed E-state index contributed by atoms with van der Waals surface area (Å²) in [5.74, 6) is -0.328. The molecule has 0 fully saturated rings. The van der Waals surface area contributed by atoms with Crippen molar-refractivity contribution in [2.24, 2.45) is 0 Å². The summed E-state index contributed by atoms with van der Waals surface area (Å²) in [7, 11) is 0. The number of nitrogens with one attached hydrogen (secondary N) is 2. The van der Waals surface area contributed by atoms with Gasteiger partial charge < -0.3 is 20.4 Å². The summed E-state index contributed by atoms with van der Waals surface area (Å²) >= 11 is 0. The number of hydrogen-bond donors (Lipinski definition) is 2. The number of hydrogen-bond acceptors (Lipinski definition) is 4. The third-order valence-corrected chi connectivity index (χ3v) is 5.15. The molecule has 0 aliphatic heterocycles. The fourth-order valence-electron chi connectivity index (χ4n) is 3.06. The summed E-state index contributed by atoms with van der Waals surface area (Å²) in [6, 6.07) is 0. The van der Waals surface area contributed by atoms with E-state index >= 15 is 0 Å². The third kappa shape index (κ3) is 12.8. The third-order valence-electron chi connectivity index (χ3n) is 5.15. The molecule has 0 unspecified atom stereocenters. The Hall–Kier alpha value is -3.09. The maximum absolute atomic E-state index is 12.5. The van der Waals surface area contributed by atoms with Crippen molar-refractivity contribution in [2.45, 2.75) is 53.4 Å². The van der Waals surface area contributed by atoms with Gasteiger partial charge in [0.2, 0.25) is 17.7 Å². The van der Waals surface area contributed by atoms with Gasteiger partial charge >= 0.3 is 0 Å². The Morgan fingerprint density at radius 1 is 0.559 bits per heavy atom. The maximum Gasteiger partial charge on any atom is 0.248 e. The van der Waals surface area contributed by atoms with E-state index in [9.17, 15) is 14.4 Å². The van der Waals surface area contributed by atoms with Crippen LogP contribution >= 0.6 is 0 Å². The molecule has 7 nitrogen and oxygen atoms in total. The molecular weight excluding hydrogens is 428 g/mol. The Morgan fingerprint density at radius 3 is 1.29 bits per heavy atom. The molecule has 0 heterocycles. The highest BCUT2D eigenvalue weighted by Crippen LogP contribution is 2.07. The van der Waals surface area contributed by atoms with E-state index in [1.807, 2.05) is 11.8 Å². The smallest absolute Gasteiger partial charge is 0.248 e. The van der Waals surface area contributed by atoms with E-state index in [0.29, 0.717) is 62.4 Å². The highest BCUT2D eigenvalue weighted by Gasteiger charge is 2.16. The summed E-state index contributed by atoms with van der Waals surface area (Å²) in [5.41, 5.74) is 3.14. The zero-order valence-electron chi connectivity index (χ0n) is 21.7. The molecule has 0 aromatic rings. The largest absolute Gasteiger partial charge is 0.385 e. The molecule has 0 aromatic heterocycles. The number of rotatable bonds is 18. The number of allylic oxidation sites excluding steroid dienone is 1. The van der Waals surface area contributed by atoms with Gasteiger partial charge in [-0.1, -0.05) is 32.9 Å². The number of carbonyl (C=O) groups is 3. The van der Waals surface area contributed by atoms with Gasteiger partial charge in [-0.25, -0.2) is 0 Å². The summed E-state index contributed by atoms with van der Waals surface area (Å²) < 4.78 is 0. The van der Waals surface area contributed by atoms with Crippen LogP contribution in [0.1, 0.15) is 53.4 Å². The summed E-state index contributed by atoms with van der Waals surface area (Å²) in [6.07, 6.45) is 2.93. The fraction of sp³-hybridized carbons (Fsp3) is 0.519. The van der Waals surface area contributed by atoms with Crippen LogP contribution in [0, 0.1) is 0 Å². The molecule has 3 amide bonds. The zero-order chi connectivity index (χ0) is 26.3. The van der Waals surface area contributed by atoms with Crippen molar-refractivity contribution in [1.29, 1.82) is 0 Å². The van der Waals surface area contributed by atoms with Crippen LogP contribution in [0.4, 0.5) is 0 Å². The first-order valence-electron chi connectivity index (χ1n) is 11.8. The molecule has 34 heavy (non-hydrogen) atoms. The van der Waals surface area contributed by atoms with Gasteiger partial charge in [-0.15, -0.1) is 0 Å². The van der Waals surface area contributed by atoms with Crippen LogP contribution in [0.25, 0.3) is 0 Å². The van der Waals surface area contributed by atoms with Crippen molar-refractivity contribution in [2.75, 3.05) is 39.3 Å². The predicted molar refractivity (Wildman–Crippen MR) is 141 cm³/mol. The molecule has 0 saturated heterocycles. The molecule has 0 rings (SSSR count). The van der Waals surface area contributed by atoms with Gasteiger partial charge in [0, 0.05) is 61.7 Å². The molecular formula is C27H44N4O3. The van der Waals surface area contributed by atoms with Gasteiger partial charge in [-0.05, 0) is 59.0 Å². The van der Waals surface area contributed by atoms with Crippen molar-refractivity contribution in [3.8, 4) is 0 Å². The van der Waals surface area contributed by atoms with Crippen molar-refractivity contribution in [3.05, 3.63) is 60.9 Å². The molecule has 0 aromatic carbocycles. The molecule has 0 saturated carbocycles. The molecule has 0 atom stereocenters. The van der Waals surface area contributed by atoms with Gasteiger partial charge in [0.25, 0.3) is 0 Å². The minimum Gasteiger partial charge on any atom is -0.385 e. The van der Waals surface area contributed by atoms with E-state index < -0.39 is 0 Å². The van der Waals surface area contributed by atoms with Gasteiger partial charge in [-0.3, -0.25) is 14.4 Å². The van der Waals surface area contributed by atoms with Crippen LogP contribution in [0.3, 0.4) is 0 Å². The van der Waals surface area contributed by atoms with Gasteiger partial charge in [0.1, 0.15) is 0 Å². The SMILES string of the molecule is C=C(C)C(=C)NCCCN(CCCCN(CCCNC(=O)C(=C)C)C(=O)C(=C)C)C(=O)C(=C)C. The lowest BCUT2D eigenvalue weighted by molar-refractivity contribution is -0.128. The first-order valence-corrected chi connectivity index (χ1v) is 11.8. The second-order valence-corrected chi connectivity index (χ2v) is 8.78. The van der Waals surface area contributed by atoms with Crippen LogP contribution in [0.2, 0.25) is 0 Å². The predicted octanol–water partition coefficient (Wildman–Crippen LogP) is 3.73. The van der Waals surface area contributed by atoms with Crippen LogP contribution in [-0.4, -0.2) is 66.8 Å². The van der Waals surface area contributed by atoms with E-state index in [-0.39, 0.29) is 17.7 Å². The highest BCUT2D eigenvalue weighted by molar-refractivity contribution is 5.93. The Labute approximate surface area is 206 Å². The molecule has 0 spiro atoms. The molecule has 190 valence electrons. The van der Waals surface area contributed by atoms with E-state index in [1.54, 1.807) is 25.7 Å². The zero-order valence-corrected chi connectivity index (χ0v) is 21.7. The van der Waals surface area contributed by atoms with Crippen LogP contribution in [-0.2, 0) is 14.4 Å². The quantitative estimate of drug-likeness (QED) is 0.181. The monoisotopic (exact) mass is 472 g/mol. The average molecular weight is 473 g/mol. The molecule has 0 aliphatic carbocycles. The van der Waals surface area contributed by atoms with Crippen molar-refractivity contribution in [3.63, 3.8) is 0 Å². The normalized spacial score (nSPS) is 10.1. The maximum atomic E-state index is 12.5. The minimum absolute atomic E-state index is 0.0538. The van der Waals surface area contributed by atoms with Crippen molar-refractivity contribution >= 4 is 17.7 Å². The molecule has 0 radical (unpaired) electrons. The van der Waals surface area contributed by atoms with Crippen LogP contribution in [0.5, 0.6) is 0 Å². The van der Waals surface area contributed by atoms with Crippen LogP contribution < -0.4 is 10.6 Å². The lowest BCUT2D eigenvalue weighted by Crippen LogP contribution is -2.37. The minimum atomic E-state index is -0.181. The summed E-state index contributed by atoms with van der Waals surface area (Å²) in [4.78, 5) is 40.2. The standard InChI is InChI=1S/C27H44N4O3/c1-20(2)24(9)28-14-12-18-30(26(33)22(5)6)16-10-11-17-31(27(34)23(7)8)19-13-15-29-25(32)21(3)4/h28H,1,3,5,7,9-19H2,2,4,6,8H3,(H,29,32). The molecule has 7 heteroatoms. The number of carbonyl (C=O) groups excluding carboxylic acids is 3. The topological polar surface area (TPSA) is 81.8 Å². The summed E-state index contributed by atoms with van der Waals surface area (Å²) in [6.45, 7) is 29.4. The van der Waals surface area contributed by atoms with Crippen molar-refractivity contribution < 1.29 is 14.4 Å². The van der Waals surface area contributed by atoms with Gasteiger partial charge in [0.15, 0.2) is 0 Å². The van der Waals surface area contributed by atoms with E-state index in [0.717, 1.165) is 30.5 Å². The second kappa shape index (κ2) is 16.5. The van der Waals surface area contributed by atoms with E-state index in [1.165, 1.54) is 0 Å². The number of unbranched alkanes of at least 4 members (excludes halogenated alkanes) is 1.